The van der Waals surface area contributed by atoms with Crippen molar-refractivity contribution in [3.05, 3.63) is 23.8 Å². The van der Waals surface area contributed by atoms with Gasteiger partial charge in [0.05, 0.1) is 20.3 Å². The number of nitrogens with zero attached hydrogens (tertiary/aromatic N) is 1. The van der Waals surface area contributed by atoms with E-state index < -0.39 is 5.97 Å². The van der Waals surface area contributed by atoms with Crippen molar-refractivity contribution in [3.63, 3.8) is 0 Å². The zero-order chi connectivity index (χ0) is 15.2. The van der Waals surface area contributed by atoms with Gasteiger partial charge in [-0.2, -0.15) is 0 Å². The molecule has 114 valence electrons. The molecule has 21 heavy (non-hydrogen) atoms. The first kappa shape index (κ1) is 15.1. The molecule has 1 aromatic carbocycles. The van der Waals surface area contributed by atoms with Crippen molar-refractivity contribution in [1.82, 2.24) is 4.90 Å². The second kappa shape index (κ2) is 6.94. The van der Waals surface area contributed by atoms with Gasteiger partial charge in [0.15, 0.2) is 6.61 Å². The minimum Gasteiger partial charge on any atom is -0.496 e. The lowest BCUT2D eigenvalue weighted by atomic mass is 10.2. The summed E-state index contributed by atoms with van der Waals surface area (Å²) < 4.78 is 15.3. The van der Waals surface area contributed by atoms with Crippen LogP contribution in [0, 0.1) is 0 Å². The highest BCUT2D eigenvalue weighted by molar-refractivity contribution is 5.94. The van der Waals surface area contributed by atoms with Gasteiger partial charge in [-0.25, -0.2) is 4.79 Å². The van der Waals surface area contributed by atoms with E-state index in [0.29, 0.717) is 37.7 Å². The molecule has 2 N–H and O–H groups in total. The first-order valence-electron chi connectivity index (χ1n) is 6.58. The molecule has 7 heteroatoms. The van der Waals surface area contributed by atoms with Crippen LogP contribution < -0.4 is 10.5 Å². The number of anilines is 1. The third-order valence-electron chi connectivity index (χ3n) is 3.14. The zero-order valence-corrected chi connectivity index (χ0v) is 11.8. The molecule has 0 bridgehead atoms. The van der Waals surface area contributed by atoms with Crippen LogP contribution in [0.5, 0.6) is 5.75 Å². The van der Waals surface area contributed by atoms with E-state index in [1.807, 2.05) is 0 Å². The third kappa shape index (κ3) is 3.85. The topological polar surface area (TPSA) is 91.1 Å². The molecule has 7 nitrogen and oxygen atoms in total. The summed E-state index contributed by atoms with van der Waals surface area (Å²) in [4.78, 5) is 25.5. The summed E-state index contributed by atoms with van der Waals surface area (Å²) in [6.07, 6.45) is 0. The molecule has 0 atom stereocenters. The highest BCUT2D eigenvalue weighted by atomic mass is 16.5. The van der Waals surface area contributed by atoms with Crippen LogP contribution in [0.25, 0.3) is 0 Å². The van der Waals surface area contributed by atoms with Gasteiger partial charge >= 0.3 is 5.97 Å². The largest absolute Gasteiger partial charge is 0.496 e. The van der Waals surface area contributed by atoms with Gasteiger partial charge in [-0.1, -0.05) is 0 Å². The molecule has 1 fully saturated rings. The lowest BCUT2D eigenvalue weighted by molar-refractivity contribution is -0.138. The fraction of sp³-hybridized carbons (Fsp3) is 0.429. The van der Waals surface area contributed by atoms with Crippen LogP contribution in [0.2, 0.25) is 0 Å². The molecule has 0 unspecified atom stereocenters. The molecule has 0 radical (unpaired) electrons. The number of carbonyl (C=O) groups excluding carboxylic acids is 2. The Balaban J connectivity index is 1.93. The average Bonchev–Trinajstić information content (AvgIpc) is 2.52. The van der Waals surface area contributed by atoms with Crippen LogP contribution in [-0.2, 0) is 14.3 Å². The van der Waals surface area contributed by atoms with E-state index in [-0.39, 0.29) is 18.1 Å². The minimum atomic E-state index is -0.617. The quantitative estimate of drug-likeness (QED) is 0.634. The number of nitrogen functional groups attached to an aromatic ring is 1. The standard InChI is InChI=1S/C14H18N2O5/c1-19-12-8-10(15)2-3-11(12)14(18)21-9-13(17)16-4-6-20-7-5-16/h2-3,8H,4-7,9,15H2,1H3. The predicted molar refractivity (Wildman–Crippen MR) is 75.1 cm³/mol. The van der Waals surface area contributed by atoms with Gasteiger partial charge in [0, 0.05) is 24.8 Å². The second-order valence-electron chi connectivity index (χ2n) is 4.53. The maximum Gasteiger partial charge on any atom is 0.342 e. The first-order chi connectivity index (χ1) is 10.1. The van der Waals surface area contributed by atoms with Crippen molar-refractivity contribution < 1.29 is 23.8 Å². The number of morpholine rings is 1. The molecule has 0 aliphatic carbocycles. The molecule has 1 aromatic rings. The van der Waals surface area contributed by atoms with Crippen LogP contribution in [0.4, 0.5) is 5.69 Å². The monoisotopic (exact) mass is 294 g/mol. The van der Waals surface area contributed by atoms with E-state index in [2.05, 4.69) is 0 Å². The Kier molecular flexibility index (Phi) is 4.99. The molecule has 0 saturated carbocycles. The van der Waals surface area contributed by atoms with Crippen molar-refractivity contribution >= 4 is 17.6 Å². The summed E-state index contributed by atoms with van der Waals surface area (Å²) in [6.45, 7) is 1.74. The Morgan fingerprint density at radius 3 is 2.71 bits per heavy atom. The van der Waals surface area contributed by atoms with Crippen molar-refractivity contribution in [1.29, 1.82) is 0 Å². The van der Waals surface area contributed by atoms with Crippen molar-refractivity contribution in [2.45, 2.75) is 0 Å². The van der Waals surface area contributed by atoms with E-state index >= 15 is 0 Å². The molecule has 1 aliphatic heterocycles. The maximum absolute atomic E-state index is 12.0. The fourth-order valence-corrected chi connectivity index (χ4v) is 1.99. The summed E-state index contributed by atoms with van der Waals surface area (Å²) in [5, 5.41) is 0. The summed E-state index contributed by atoms with van der Waals surface area (Å²) in [7, 11) is 1.43. The van der Waals surface area contributed by atoms with Crippen LogP contribution in [-0.4, -0.2) is 56.8 Å². The molecule has 2 rings (SSSR count). The third-order valence-corrected chi connectivity index (χ3v) is 3.14. The number of esters is 1. The van der Waals surface area contributed by atoms with Crippen LogP contribution in [0.3, 0.4) is 0 Å². The van der Waals surface area contributed by atoms with Crippen LogP contribution in [0.1, 0.15) is 10.4 Å². The number of hydrogen-bond acceptors (Lipinski definition) is 6. The van der Waals surface area contributed by atoms with Gasteiger partial charge < -0.3 is 24.8 Å². The molecule has 1 amide bonds. The van der Waals surface area contributed by atoms with Gasteiger partial charge in [0.1, 0.15) is 11.3 Å². The molecular weight excluding hydrogens is 276 g/mol. The highest BCUT2D eigenvalue weighted by Crippen LogP contribution is 2.22. The number of amides is 1. The van der Waals surface area contributed by atoms with E-state index in [1.165, 1.54) is 19.2 Å². The number of benzene rings is 1. The Hall–Kier alpha value is -2.28. The number of rotatable bonds is 4. The lowest BCUT2D eigenvalue weighted by Gasteiger charge is -2.26. The molecule has 1 saturated heterocycles. The normalized spacial score (nSPS) is 14.6. The van der Waals surface area contributed by atoms with Gasteiger partial charge in [0.2, 0.25) is 0 Å². The summed E-state index contributed by atoms with van der Waals surface area (Å²) in [5.41, 5.74) is 6.34. The molecular formula is C14H18N2O5. The Bertz CT molecular complexity index is 526. The molecule has 1 aliphatic rings. The Morgan fingerprint density at radius 1 is 1.33 bits per heavy atom. The number of nitrogens with two attached hydrogens (primary N) is 1. The number of methoxy groups -OCH3 is 1. The fourth-order valence-electron chi connectivity index (χ4n) is 1.99. The highest BCUT2D eigenvalue weighted by Gasteiger charge is 2.20. The van der Waals surface area contributed by atoms with Crippen molar-refractivity contribution in [2.24, 2.45) is 0 Å². The van der Waals surface area contributed by atoms with Crippen LogP contribution >= 0.6 is 0 Å². The van der Waals surface area contributed by atoms with E-state index in [1.54, 1.807) is 11.0 Å². The minimum absolute atomic E-state index is 0.235. The predicted octanol–water partition coefficient (Wildman–Crippen LogP) is 0.293. The summed E-state index contributed by atoms with van der Waals surface area (Å²) in [6, 6.07) is 4.61. The zero-order valence-electron chi connectivity index (χ0n) is 11.8. The average molecular weight is 294 g/mol. The van der Waals surface area contributed by atoms with Gasteiger partial charge in [-0.15, -0.1) is 0 Å². The van der Waals surface area contributed by atoms with Crippen LogP contribution in [0.15, 0.2) is 18.2 Å². The van der Waals surface area contributed by atoms with E-state index in [4.69, 9.17) is 19.9 Å². The number of hydrogen-bond donors (Lipinski definition) is 1. The van der Waals surface area contributed by atoms with Crippen molar-refractivity contribution in [3.8, 4) is 5.75 Å². The Labute approximate surface area is 122 Å². The number of carbonyl (C=O) groups is 2. The van der Waals surface area contributed by atoms with E-state index in [9.17, 15) is 9.59 Å². The number of ether oxygens (including phenoxy) is 3. The summed E-state index contributed by atoms with van der Waals surface area (Å²) >= 11 is 0. The molecule has 1 heterocycles. The maximum atomic E-state index is 12.0. The van der Waals surface area contributed by atoms with Crippen molar-refractivity contribution in [2.75, 3.05) is 45.8 Å². The second-order valence-corrected chi connectivity index (χ2v) is 4.53. The first-order valence-corrected chi connectivity index (χ1v) is 6.58. The SMILES string of the molecule is COc1cc(N)ccc1C(=O)OCC(=O)N1CCOCC1. The van der Waals surface area contributed by atoms with E-state index in [0.717, 1.165) is 0 Å². The smallest absolute Gasteiger partial charge is 0.342 e. The Morgan fingerprint density at radius 2 is 2.05 bits per heavy atom. The summed E-state index contributed by atoms with van der Waals surface area (Å²) in [5.74, 6) is -0.534. The molecule has 0 spiro atoms. The van der Waals surface area contributed by atoms with Gasteiger partial charge in [0.25, 0.3) is 5.91 Å². The van der Waals surface area contributed by atoms with Gasteiger partial charge in [-0.05, 0) is 12.1 Å². The lowest BCUT2D eigenvalue weighted by Crippen LogP contribution is -2.42. The van der Waals surface area contributed by atoms with Gasteiger partial charge in [-0.3, -0.25) is 4.79 Å². The molecule has 0 aromatic heterocycles.